The Balaban J connectivity index is 3.55. The summed E-state index contributed by atoms with van der Waals surface area (Å²) in [7, 11) is -2.41. The molecule has 0 aliphatic rings. The van der Waals surface area contributed by atoms with Crippen molar-refractivity contribution >= 4 is 19.0 Å². The van der Waals surface area contributed by atoms with Gasteiger partial charge in [-0.2, -0.15) is 0 Å². The van der Waals surface area contributed by atoms with Crippen molar-refractivity contribution in [3.8, 4) is 0 Å². The average Bonchev–Trinajstić information content (AvgIpc) is 1.67. The van der Waals surface area contributed by atoms with Gasteiger partial charge < -0.3 is 4.52 Å². The molecule has 0 spiro atoms. The summed E-state index contributed by atoms with van der Waals surface area (Å²) in [4.78, 5) is 0. The molecule has 0 saturated heterocycles. The first-order valence-electron chi connectivity index (χ1n) is 2.39. The molecule has 0 aromatic rings. The van der Waals surface area contributed by atoms with Crippen LogP contribution in [0.15, 0.2) is 0 Å². The van der Waals surface area contributed by atoms with Gasteiger partial charge in [0.25, 0.3) is 0 Å². The van der Waals surface area contributed by atoms with Crippen LogP contribution in [0, 0.1) is 0 Å². The molecule has 0 bridgehead atoms. The molecule has 0 aromatic carbocycles. The Kier molecular flexibility index (Phi) is 3.70. The normalized spacial score (nSPS) is 17.9. The van der Waals surface area contributed by atoms with Crippen LogP contribution in [0.3, 0.4) is 0 Å². The van der Waals surface area contributed by atoms with Crippen molar-refractivity contribution in [3.63, 3.8) is 0 Å². The zero-order valence-electron chi connectivity index (χ0n) is 5.06. The fourth-order valence-electron chi connectivity index (χ4n) is 0.308. The van der Waals surface area contributed by atoms with Crippen molar-refractivity contribution in [2.75, 3.05) is 18.9 Å². The predicted molar refractivity (Wildman–Crippen MR) is 35.9 cm³/mol. The first-order valence-corrected chi connectivity index (χ1v) is 5.18. The number of alkyl halides is 1. The van der Waals surface area contributed by atoms with E-state index in [0.717, 1.165) is 0 Å². The molecule has 2 nitrogen and oxygen atoms in total. The van der Waals surface area contributed by atoms with E-state index >= 15 is 0 Å². The molecule has 8 heavy (non-hydrogen) atoms. The molecule has 0 saturated carbocycles. The summed E-state index contributed by atoms with van der Waals surface area (Å²) < 4.78 is 15.6. The van der Waals surface area contributed by atoms with Crippen LogP contribution in [0.5, 0.6) is 0 Å². The predicted octanol–water partition coefficient (Wildman–Crippen LogP) is 2.13. The molecule has 4 heteroatoms. The molecule has 0 radical (unpaired) electrons. The lowest BCUT2D eigenvalue weighted by atomic mass is 10.9. The van der Waals surface area contributed by atoms with Gasteiger partial charge in [-0.05, 0) is 6.92 Å². The maximum Gasteiger partial charge on any atom is 0.214 e. The highest BCUT2D eigenvalue weighted by molar-refractivity contribution is 7.59. The van der Waals surface area contributed by atoms with Gasteiger partial charge in [0.05, 0.1) is 12.2 Å². The standard InChI is InChI=1S/C4H10ClO2P/c1-3-7-8(2,6)4-5/h3-4H2,1-2H3/t8-/m1/s1. The van der Waals surface area contributed by atoms with E-state index < -0.39 is 7.37 Å². The van der Waals surface area contributed by atoms with E-state index in [0.29, 0.717) is 6.61 Å². The Morgan fingerprint density at radius 1 is 1.75 bits per heavy atom. The average molecular weight is 157 g/mol. The third-order valence-electron chi connectivity index (χ3n) is 0.619. The number of rotatable bonds is 3. The van der Waals surface area contributed by atoms with Crippen LogP contribution in [0.2, 0.25) is 0 Å². The van der Waals surface area contributed by atoms with Crippen LogP contribution in [-0.4, -0.2) is 18.9 Å². The van der Waals surface area contributed by atoms with Gasteiger partial charge >= 0.3 is 0 Å². The highest BCUT2D eigenvalue weighted by Gasteiger charge is 2.11. The quantitative estimate of drug-likeness (QED) is 0.462. The zero-order chi connectivity index (χ0) is 6.62. The molecular weight excluding hydrogens is 146 g/mol. The van der Waals surface area contributed by atoms with Crippen LogP contribution in [-0.2, 0) is 9.09 Å². The van der Waals surface area contributed by atoms with Crippen LogP contribution in [0.4, 0.5) is 0 Å². The minimum absolute atomic E-state index is 0.112. The van der Waals surface area contributed by atoms with Crippen molar-refractivity contribution < 1.29 is 9.09 Å². The van der Waals surface area contributed by atoms with Crippen LogP contribution in [0.25, 0.3) is 0 Å². The lowest BCUT2D eigenvalue weighted by Gasteiger charge is -2.06. The Morgan fingerprint density at radius 3 is 2.38 bits per heavy atom. The monoisotopic (exact) mass is 156 g/mol. The van der Waals surface area contributed by atoms with E-state index in [4.69, 9.17) is 16.1 Å². The number of halogens is 1. The van der Waals surface area contributed by atoms with Crippen molar-refractivity contribution in [1.29, 1.82) is 0 Å². The Bertz CT molecular complexity index is 104. The lowest BCUT2D eigenvalue weighted by molar-refractivity contribution is 0.340. The molecule has 50 valence electrons. The summed E-state index contributed by atoms with van der Waals surface area (Å²) in [6.07, 6.45) is 0. The highest BCUT2D eigenvalue weighted by atomic mass is 35.5. The van der Waals surface area contributed by atoms with Gasteiger partial charge in [0.15, 0.2) is 0 Å². The highest BCUT2D eigenvalue weighted by Crippen LogP contribution is 2.42. The SMILES string of the molecule is CCO[P@@](C)(=O)CCl. The number of hydrogen-bond acceptors (Lipinski definition) is 2. The van der Waals surface area contributed by atoms with Gasteiger partial charge in [0.2, 0.25) is 7.37 Å². The minimum atomic E-state index is -2.41. The molecular formula is C4H10ClO2P. The van der Waals surface area contributed by atoms with E-state index in [2.05, 4.69) is 0 Å². The van der Waals surface area contributed by atoms with Gasteiger partial charge in [-0.1, -0.05) is 0 Å². The second kappa shape index (κ2) is 3.49. The Hall–Kier alpha value is 0.480. The molecule has 1 atom stereocenters. The van der Waals surface area contributed by atoms with Crippen LogP contribution >= 0.6 is 19.0 Å². The topological polar surface area (TPSA) is 26.3 Å². The molecule has 0 aliphatic carbocycles. The maximum absolute atomic E-state index is 10.8. The molecule has 0 unspecified atom stereocenters. The Labute approximate surface area is 54.6 Å². The van der Waals surface area contributed by atoms with Crippen molar-refractivity contribution in [2.24, 2.45) is 0 Å². The van der Waals surface area contributed by atoms with E-state index in [1.165, 1.54) is 6.66 Å². The summed E-state index contributed by atoms with van der Waals surface area (Å²) in [6, 6.07) is 0. The summed E-state index contributed by atoms with van der Waals surface area (Å²) in [5.74, 6) is 0. The second-order valence-electron chi connectivity index (χ2n) is 1.55. The summed E-state index contributed by atoms with van der Waals surface area (Å²) in [5.41, 5.74) is 0.112. The third-order valence-corrected chi connectivity index (χ3v) is 3.16. The van der Waals surface area contributed by atoms with Gasteiger partial charge in [0.1, 0.15) is 0 Å². The molecule has 0 N–H and O–H groups in total. The fourth-order valence-corrected chi connectivity index (χ4v) is 1.13. The lowest BCUT2D eigenvalue weighted by Crippen LogP contribution is -1.87. The van der Waals surface area contributed by atoms with Gasteiger partial charge in [-0.25, -0.2) is 0 Å². The summed E-state index contributed by atoms with van der Waals surface area (Å²) >= 11 is 5.28. The van der Waals surface area contributed by atoms with Gasteiger partial charge in [0, 0.05) is 6.66 Å². The zero-order valence-corrected chi connectivity index (χ0v) is 6.71. The van der Waals surface area contributed by atoms with Crippen molar-refractivity contribution in [2.45, 2.75) is 6.92 Å². The smallest absolute Gasteiger partial charge is 0.214 e. The summed E-state index contributed by atoms with van der Waals surface area (Å²) in [5, 5.41) is 0. The largest absolute Gasteiger partial charge is 0.328 e. The third kappa shape index (κ3) is 3.48. The Morgan fingerprint density at radius 2 is 2.25 bits per heavy atom. The fraction of sp³-hybridized carbons (Fsp3) is 1.00. The molecule has 0 amide bonds. The molecule has 0 aliphatic heterocycles. The van der Waals surface area contributed by atoms with Gasteiger partial charge in [-0.3, -0.25) is 4.57 Å². The van der Waals surface area contributed by atoms with E-state index in [1.807, 2.05) is 0 Å². The summed E-state index contributed by atoms with van der Waals surface area (Å²) in [6.45, 7) is 3.80. The van der Waals surface area contributed by atoms with Crippen LogP contribution in [0.1, 0.15) is 6.92 Å². The van der Waals surface area contributed by atoms with E-state index in [9.17, 15) is 4.57 Å². The first-order chi connectivity index (χ1) is 3.62. The van der Waals surface area contributed by atoms with Crippen molar-refractivity contribution in [3.05, 3.63) is 0 Å². The second-order valence-corrected chi connectivity index (χ2v) is 4.79. The molecule has 0 aromatic heterocycles. The van der Waals surface area contributed by atoms with E-state index in [1.54, 1.807) is 6.92 Å². The maximum atomic E-state index is 10.8. The van der Waals surface area contributed by atoms with Crippen LogP contribution < -0.4 is 0 Å². The van der Waals surface area contributed by atoms with Gasteiger partial charge in [-0.15, -0.1) is 11.6 Å². The molecule has 0 rings (SSSR count). The molecule has 0 fully saturated rings. The number of hydrogen-bond donors (Lipinski definition) is 0. The van der Waals surface area contributed by atoms with E-state index in [-0.39, 0.29) is 5.62 Å². The first kappa shape index (κ1) is 8.48. The molecule has 0 heterocycles. The van der Waals surface area contributed by atoms with Crippen molar-refractivity contribution in [1.82, 2.24) is 0 Å². The minimum Gasteiger partial charge on any atom is -0.328 e.